The lowest BCUT2D eigenvalue weighted by Crippen LogP contribution is -2.33. The highest BCUT2D eigenvalue weighted by molar-refractivity contribution is 5.77. The van der Waals surface area contributed by atoms with Crippen LogP contribution in [0.25, 0.3) is 16.9 Å². The first kappa shape index (κ1) is 22.2. The van der Waals surface area contributed by atoms with E-state index < -0.39 is 5.41 Å². The largest absolute Gasteiger partial charge is 0.324 e. The number of fused-ring (bicyclic) bond motifs is 3. The smallest absolute Gasteiger partial charge is 0.278 e. The van der Waals surface area contributed by atoms with E-state index in [0.717, 1.165) is 31.6 Å². The summed E-state index contributed by atoms with van der Waals surface area (Å²) in [6, 6.07) is 14.5. The Kier molecular flexibility index (Phi) is 4.64. The lowest BCUT2D eigenvalue weighted by molar-refractivity contribution is 0.531. The van der Waals surface area contributed by atoms with E-state index >= 15 is 0 Å². The molecule has 2 fully saturated rings. The first-order chi connectivity index (χ1) is 17.9. The van der Waals surface area contributed by atoms with Crippen molar-refractivity contribution < 1.29 is 0 Å². The molecule has 3 aliphatic rings. The highest BCUT2D eigenvalue weighted by atomic mass is 16.1. The number of nitrogens with one attached hydrogen (secondary N) is 2. The van der Waals surface area contributed by atoms with Crippen molar-refractivity contribution in [3.63, 3.8) is 0 Å². The van der Waals surface area contributed by atoms with Crippen LogP contribution in [0.15, 0.2) is 47.4 Å². The lowest BCUT2D eigenvalue weighted by Gasteiger charge is -2.26. The van der Waals surface area contributed by atoms with Crippen molar-refractivity contribution in [1.29, 1.82) is 5.26 Å². The van der Waals surface area contributed by atoms with Gasteiger partial charge < -0.3 is 10.6 Å². The molecule has 0 radical (unpaired) electrons. The SMILES string of the molecule is CC(C)(C#N)c1cccc(-n2c3nc(Nc4ccc5c(c4)CNCC54CC4)ncc3c(=O)n2C2CC2)n1. The molecular weight excluding hydrogens is 464 g/mol. The van der Waals surface area contributed by atoms with Crippen LogP contribution >= 0.6 is 0 Å². The van der Waals surface area contributed by atoms with E-state index in [9.17, 15) is 10.1 Å². The van der Waals surface area contributed by atoms with Gasteiger partial charge in [0.15, 0.2) is 11.5 Å². The van der Waals surface area contributed by atoms with E-state index in [-0.39, 0.29) is 11.6 Å². The van der Waals surface area contributed by atoms with Crippen LogP contribution in [0.1, 0.15) is 62.4 Å². The molecule has 3 aromatic heterocycles. The summed E-state index contributed by atoms with van der Waals surface area (Å²) in [6.45, 7) is 5.59. The molecule has 4 aromatic rings. The Morgan fingerprint density at radius 1 is 1.19 bits per heavy atom. The first-order valence-corrected chi connectivity index (χ1v) is 12.9. The van der Waals surface area contributed by atoms with Crippen LogP contribution in [0.4, 0.5) is 11.6 Å². The predicted molar refractivity (Wildman–Crippen MR) is 140 cm³/mol. The number of rotatable bonds is 5. The quantitative estimate of drug-likeness (QED) is 0.433. The maximum absolute atomic E-state index is 13.4. The van der Waals surface area contributed by atoms with Gasteiger partial charge in [0.1, 0.15) is 5.39 Å². The predicted octanol–water partition coefficient (Wildman–Crippen LogP) is 3.99. The Morgan fingerprint density at radius 2 is 2.03 bits per heavy atom. The van der Waals surface area contributed by atoms with Gasteiger partial charge in [0.05, 0.1) is 23.2 Å². The van der Waals surface area contributed by atoms with Gasteiger partial charge in [-0.05, 0) is 74.9 Å². The average Bonchev–Trinajstić information content (AvgIpc) is 3.84. The van der Waals surface area contributed by atoms with E-state index in [0.29, 0.717) is 33.9 Å². The van der Waals surface area contributed by atoms with Crippen molar-refractivity contribution in [3.8, 4) is 11.9 Å². The summed E-state index contributed by atoms with van der Waals surface area (Å²) in [6.07, 6.45) is 5.96. The second-order valence-electron chi connectivity index (χ2n) is 11.1. The third-order valence-corrected chi connectivity index (χ3v) is 7.95. The fourth-order valence-corrected chi connectivity index (χ4v) is 5.47. The Hall–Kier alpha value is -4.03. The topological polar surface area (TPSA) is 113 Å². The van der Waals surface area contributed by atoms with Crippen molar-refractivity contribution in [1.82, 2.24) is 29.6 Å². The molecule has 9 heteroatoms. The number of nitriles is 1. The molecule has 186 valence electrons. The van der Waals surface area contributed by atoms with E-state index in [2.05, 4.69) is 39.9 Å². The van der Waals surface area contributed by atoms with E-state index in [4.69, 9.17) is 9.97 Å². The zero-order valence-corrected chi connectivity index (χ0v) is 21.0. The molecule has 2 saturated carbocycles. The van der Waals surface area contributed by atoms with Crippen LogP contribution in [0.3, 0.4) is 0 Å². The minimum Gasteiger partial charge on any atom is -0.324 e. The summed E-state index contributed by atoms with van der Waals surface area (Å²) < 4.78 is 3.54. The molecule has 0 bridgehead atoms. The van der Waals surface area contributed by atoms with Crippen LogP contribution in [0, 0.1) is 11.3 Å². The molecule has 0 atom stereocenters. The van der Waals surface area contributed by atoms with Gasteiger partial charge in [-0.25, -0.2) is 19.3 Å². The first-order valence-electron chi connectivity index (χ1n) is 12.9. The number of hydrogen-bond donors (Lipinski definition) is 2. The minimum absolute atomic E-state index is 0.107. The Bertz CT molecular complexity index is 1670. The van der Waals surface area contributed by atoms with Gasteiger partial charge >= 0.3 is 0 Å². The zero-order chi connectivity index (χ0) is 25.4. The van der Waals surface area contributed by atoms with Crippen molar-refractivity contribution >= 4 is 22.7 Å². The van der Waals surface area contributed by atoms with Crippen LogP contribution in [-0.4, -0.2) is 30.9 Å². The maximum Gasteiger partial charge on any atom is 0.278 e. The van der Waals surface area contributed by atoms with Crippen LogP contribution in [0.2, 0.25) is 0 Å². The molecule has 1 spiro atoms. The zero-order valence-electron chi connectivity index (χ0n) is 21.0. The van der Waals surface area contributed by atoms with Crippen LogP contribution < -0.4 is 16.2 Å². The molecular formula is C28H28N8O. The summed E-state index contributed by atoms with van der Waals surface area (Å²) in [5.74, 6) is 0.992. The fraction of sp³-hybridized carbons (Fsp3) is 0.393. The second-order valence-corrected chi connectivity index (χ2v) is 11.1. The molecule has 0 unspecified atom stereocenters. The molecule has 9 nitrogen and oxygen atoms in total. The standard InChI is InChI=1S/C28H28N8O/c1-27(2,15-29)22-4-3-5-23(33-22)36-24-20(25(37)35(36)19-7-8-19)14-31-26(34-24)32-18-6-9-21-17(12-18)13-30-16-28(21)10-11-28/h3-6,9,12,14,19,30H,7-8,10-11,13,16H2,1-2H3,(H,31,32,34). The van der Waals surface area contributed by atoms with Crippen LogP contribution in [-0.2, 0) is 17.4 Å². The lowest BCUT2D eigenvalue weighted by atomic mass is 9.88. The highest BCUT2D eigenvalue weighted by Gasteiger charge is 2.46. The van der Waals surface area contributed by atoms with Gasteiger partial charge in [0.2, 0.25) is 5.95 Å². The van der Waals surface area contributed by atoms with Crippen LogP contribution in [0.5, 0.6) is 0 Å². The molecule has 2 N–H and O–H groups in total. The van der Waals surface area contributed by atoms with Gasteiger partial charge in [0.25, 0.3) is 5.56 Å². The molecule has 7 rings (SSSR count). The van der Waals surface area contributed by atoms with Gasteiger partial charge in [-0.2, -0.15) is 10.2 Å². The molecule has 37 heavy (non-hydrogen) atoms. The molecule has 0 saturated heterocycles. The summed E-state index contributed by atoms with van der Waals surface area (Å²) in [5, 5.41) is 17.0. The summed E-state index contributed by atoms with van der Waals surface area (Å²) in [4.78, 5) is 27.5. The number of nitrogens with zero attached hydrogens (tertiary/aromatic N) is 6. The third-order valence-electron chi connectivity index (χ3n) is 7.95. The van der Waals surface area contributed by atoms with Gasteiger partial charge in [-0.1, -0.05) is 12.1 Å². The van der Waals surface area contributed by atoms with Gasteiger partial charge in [-0.3, -0.25) is 4.79 Å². The molecule has 1 aliphatic heterocycles. The normalized spacial score (nSPS) is 18.0. The van der Waals surface area contributed by atoms with Crippen molar-refractivity contribution in [2.24, 2.45) is 0 Å². The summed E-state index contributed by atoms with van der Waals surface area (Å²) in [5.41, 5.74) is 4.28. The highest BCUT2D eigenvalue weighted by Crippen LogP contribution is 2.50. The fourth-order valence-electron chi connectivity index (χ4n) is 5.47. The molecule has 4 heterocycles. The minimum atomic E-state index is -0.758. The Balaban J connectivity index is 1.32. The van der Waals surface area contributed by atoms with Crippen molar-refractivity contribution in [2.75, 3.05) is 11.9 Å². The molecule has 1 aromatic carbocycles. The van der Waals surface area contributed by atoms with E-state index in [1.165, 1.54) is 24.0 Å². The van der Waals surface area contributed by atoms with Crippen molar-refractivity contribution in [2.45, 2.75) is 62.9 Å². The van der Waals surface area contributed by atoms with Gasteiger partial charge in [0, 0.05) is 30.4 Å². The number of hydrogen-bond acceptors (Lipinski definition) is 7. The van der Waals surface area contributed by atoms with Crippen molar-refractivity contribution in [3.05, 3.63) is 69.8 Å². The molecule has 0 amide bonds. The number of pyridine rings is 1. The monoisotopic (exact) mass is 492 g/mol. The van der Waals surface area contributed by atoms with Gasteiger partial charge in [-0.15, -0.1) is 0 Å². The second kappa shape index (κ2) is 7.73. The van der Waals surface area contributed by atoms with E-state index in [1.807, 2.05) is 32.0 Å². The number of aromatic nitrogens is 5. The number of benzene rings is 1. The summed E-state index contributed by atoms with van der Waals surface area (Å²) in [7, 11) is 0. The maximum atomic E-state index is 13.4. The number of anilines is 2. The summed E-state index contributed by atoms with van der Waals surface area (Å²) >= 11 is 0. The Labute approximate surface area is 214 Å². The Morgan fingerprint density at radius 3 is 2.78 bits per heavy atom. The average molecular weight is 493 g/mol. The third kappa shape index (κ3) is 3.55. The van der Waals surface area contributed by atoms with E-state index in [1.54, 1.807) is 15.6 Å². The molecule has 2 aliphatic carbocycles.